The van der Waals surface area contributed by atoms with Crippen molar-refractivity contribution in [3.63, 3.8) is 0 Å². The molecule has 1 N–H and O–H groups in total. The Bertz CT molecular complexity index is 681. The van der Waals surface area contributed by atoms with Gasteiger partial charge in [0.2, 0.25) is 0 Å². The number of nitrogens with zero attached hydrogens (tertiary/aromatic N) is 4. The van der Waals surface area contributed by atoms with Gasteiger partial charge >= 0.3 is 0 Å². The molecule has 2 amide bonds. The van der Waals surface area contributed by atoms with E-state index in [2.05, 4.69) is 15.4 Å². The molecule has 3 heterocycles. The Balaban J connectivity index is 1.72. The molecule has 7 heteroatoms. The standard InChI is InChI=1S/C16H19N5O2/c1-17-15(22)14-6-5-12(10-18-14)16(23)21-9-2-4-13(21)11-20-8-3-7-19-20/h3,5-8,10,13H,2,4,9,11H2,1H3,(H,17,22)/t13-/m1/s1. The molecular formula is C16H19N5O2. The lowest BCUT2D eigenvalue weighted by molar-refractivity contribution is 0.0720. The van der Waals surface area contributed by atoms with Crippen LogP contribution in [0.4, 0.5) is 0 Å². The van der Waals surface area contributed by atoms with E-state index in [1.165, 1.54) is 6.20 Å². The molecule has 0 spiro atoms. The van der Waals surface area contributed by atoms with Gasteiger partial charge in [-0.2, -0.15) is 5.10 Å². The highest BCUT2D eigenvalue weighted by Crippen LogP contribution is 2.21. The number of likely N-dealkylation sites (tertiary alicyclic amines) is 1. The van der Waals surface area contributed by atoms with Crippen LogP contribution in [0.2, 0.25) is 0 Å². The van der Waals surface area contributed by atoms with Gasteiger partial charge in [0.25, 0.3) is 11.8 Å². The number of pyridine rings is 1. The summed E-state index contributed by atoms with van der Waals surface area (Å²) in [6.45, 7) is 1.43. The molecule has 0 radical (unpaired) electrons. The quantitative estimate of drug-likeness (QED) is 0.911. The van der Waals surface area contributed by atoms with Crippen LogP contribution in [0.15, 0.2) is 36.8 Å². The number of aromatic nitrogens is 3. The summed E-state index contributed by atoms with van der Waals surface area (Å²) in [5, 5.41) is 6.72. The highest BCUT2D eigenvalue weighted by Gasteiger charge is 2.30. The normalized spacial score (nSPS) is 17.3. The predicted octanol–water partition coefficient (Wildman–Crippen LogP) is 0.942. The van der Waals surface area contributed by atoms with Gasteiger partial charge in [-0.05, 0) is 31.0 Å². The fourth-order valence-electron chi connectivity index (χ4n) is 2.87. The Kier molecular flexibility index (Phi) is 4.36. The van der Waals surface area contributed by atoms with Crippen LogP contribution in [0, 0.1) is 0 Å². The van der Waals surface area contributed by atoms with Crippen LogP contribution in [0.3, 0.4) is 0 Å². The van der Waals surface area contributed by atoms with E-state index in [1.807, 2.05) is 21.8 Å². The fourth-order valence-corrected chi connectivity index (χ4v) is 2.87. The van der Waals surface area contributed by atoms with Crippen LogP contribution in [0.25, 0.3) is 0 Å². The van der Waals surface area contributed by atoms with Crippen molar-refractivity contribution in [1.82, 2.24) is 25.0 Å². The molecular weight excluding hydrogens is 294 g/mol. The largest absolute Gasteiger partial charge is 0.354 e. The van der Waals surface area contributed by atoms with Crippen molar-refractivity contribution in [2.45, 2.75) is 25.4 Å². The number of nitrogens with one attached hydrogen (secondary N) is 1. The van der Waals surface area contributed by atoms with E-state index in [1.54, 1.807) is 25.4 Å². The summed E-state index contributed by atoms with van der Waals surface area (Å²) in [6, 6.07) is 5.25. The number of amides is 2. The van der Waals surface area contributed by atoms with Crippen LogP contribution in [-0.4, -0.2) is 51.1 Å². The second-order valence-electron chi connectivity index (χ2n) is 5.53. The van der Waals surface area contributed by atoms with Gasteiger partial charge in [-0.25, -0.2) is 0 Å². The topological polar surface area (TPSA) is 80.1 Å². The zero-order valence-electron chi connectivity index (χ0n) is 13.0. The molecule has 2 aromatic heterocycles. The molecule has 0 aromatic carbocycles. The second-order valence-corrected chi connectivity index (χ2v) is 5.53. The van der Waals surface area contributed by atoms with Crippen molar-refractivity contribution < 1.29 is 9.59 Å². The fraction of sp³-hybridized carbons (Fsp3) is 0.375. The summed E-state index contributed by atoms with van der Waals surface area (Å²) in [4.78, 5) is 30.1. The van der Waals surface area contributed by atoms with Gasteiger partial charge in [0.1, 0.15) is 5.69 Å². The molecule has 120 valence electrons. The van der Waals surface area contributed by atoms with Gasteiger partial charge < -0.3 is 10.2 Å². The molecule has 1 atom stereocenters. The third kappa shape index (κ3) is 3.23. The lowest BCUT2D eigenvalue weighted by Gasteiger charge is -2.24. The van der Waals surface area contributed by atoms with Gasteiger partial charge in [-0.3, -0.25) is 19.3 Å². The second kappa shape index (κ2) is 6.60. The molecule has 0 bridgehead atoms. The first-order valence-corrected chi connectivity index (χ1v) is 7.65. The molecule has 1 aliphatic heterocycles. The van der Waals surface area contributed by atoms with Crippen molar-refractivity contribution >= 4 is 11.8 Å². The Morgan fingerprint density at radius 2 is 2.26 bits per heavy atom. The molecule has 1 aliphatic rings. The van der Waals surface area contributed by atoms with Crippen molar-refractivity contribution in [1.29, 1.82) is 0 Å². The molecule has 0 unspecified atom stereocenters. The lowest BCUT2D eigenvalue weighted by atomic mass is 10.2. The zero-order valence-corrected chi connectivity index (χ0v) is 13.0. The van der Waals surface area contributed by atoms with Gasteiger partial charge in [0.05, 0.1) is 18.2 Å². The van der Waals surface area contributed by atoms with E-state index in [-0.39, 0.29) is 17.9 Å². The summed E-state index contributed by atoms with van der Waals surface area (Å²) < 4.78 is 1.85. The van der Waals surface area contributed by atoms with Gasteiger partial charge in [-0.1, -0.05) is 0 Å². The van der Waals surface area contributed by atoms with Gasteiger partial charge in [0, 0.05) is 32.2 Å². The monoisotopic (exact) mass is 313 g/mol. The van der Waals surface area contributed by atoms with Crippen LogP contribution in [0.1, 0.15) is 33.7 Å². The summed E-state index contributed by atoms with van der Waals surface area (Å²) in [6.07, 6.45) is 7.07. The van der Waals surface area contributed by atoms with Crippen molar-refractivity contribution in [3.05, 3.63) is 48.0 Å². The summed E-state index contributed by atoms with van der Waals surface area (Å²) >= 11 is 0. The molecule has 23 heavy (non-hydrogen) atoms. The molecule has 1 saturated heterocycles. The van der Waals surface area contributed by atoms with E-state index in [0.717, 1.165) is 19.4 Å². The van der Waals surface area contributed by atoms with E-state index < -0.39 is 0 Å². The highest BCUT2D eigenvalue weighted by atomic mass is 16.2. The van der Waals surface area contributed by atoms with Gasteiger partial charge in [-0.15, -0.1) is 0 Å². The average Bonchev–Trinajstić information content (AvgIpc) is 3.26. The summed E-state index contributed by atoms with van der Waals surface area (Å²) in [5.41, 5.74) is 0.809. The minimum Gasteiger partial charge on any atom is -0.354 e. The maximum absolute atomic E-state index is 12.7. The summed E-state index contributed by atoms with van der Waals surface area (Å²) in [7, 11) is 1.55. The minimum atomic E-state index is -0.262. The third-order valence-corrected chi connectivity index (χ3v) is 4.07. The number of rotatable bonds is 4. The predicted molar refractivity (Wildman–Crippen MR) is 83.9 cm³/mol. The first kappa shape index (κ1) is 15.2. The average molecular weight is 313 g/mol. The molecule has 2 aromatic rings. The Morgan fingerprint density at radius 3 is 2.91 bits per heavy atom. The smallest absolute Gasteiger partial charge is 0.269 e. The Labute approximate surface area is 134 Å². The maximum atomic E-state index is 12.7. The number of carbonyl (C=O) groups is 2. The SMILES string of the molecule is CNC(=O)c1ccc(C(=O)N2CCC[C@@H]2Cn2cccn2)cn1. The number of hydrogen-bond acceptors (Lipinski definition) is 4. The van der Waals surface area contributed by atoms with Crippen molar-refractivity contribution in [2.24, 2.45) is 0 Å². The number of carbonyl (C=O) groups excluding carboxylic acids is 2. The Morgan fingerprint density at radius 1 is 1.39 bits per heavy atom. The number of hydrogen-bond donors (Lipinski definition) is 1. The van der Waals surface area contributed by atoms with Gasteiger partial charge in [0.15, 0.2) is 0 Å². The van der Waals surface area contributed by atoms with E-state index in [0.29, 0.717) is 17.8 Å². The lowest BCUT2D eigenvalue weighted by Crippen LogP contribution is -2.38. The molecule has 3 rings (SSSR count). The zero-order chi connectivity index (χ0) is 16.2. The maximum Gasteiger partial charge on any atom is 0.269 e. The first-order chi connectivity index (χ1) is 11.2. The molecule has 1 fully saturated rings. The highest BCUT2D eigenvalue weighted by molar-refractivity contribution is 5.96. The van der Waals surface area contributed by atoms with Crippen LogP contribution in [0.5, 0.6) is 0 Å². The van der Waals surface area contributed by atoms with Crippen molar-refractivity contribution in [3.8, 4) is 0 Å². The van der Waals surface area contributed by atoms with E-state index in [4.69, 9.17) is 0 Å². The van der Waals surface area contributed by atoms with Crippen molar-refractivity contribution in [2.75, 3.05) is 13.6 Å². The van der Waals surface area contributed by atoms with Crippen LogP contribution >= 0.6 is 0 Å². The first-order valence-electron chi connectivity index (χ1n) is 7.65. The third-order valence-electron chi connectivity index (χ3n) is 4.07. The van der Waals surface area contributed by atoms with Crippen LogP contribution < -0.4 is 5.32 Å². The molecule has 7 nitrogen and oxygen atoms in total. The van der Waals surface area contributed by atoms with E-state index in [9.17, 15) is 9.59 Å². The minimum absolute atomic E-state index is 0.0457. The van der Waals surface area contributed by atoms with E-state index >= 15 is 0 Å². The molecule has 0 saturated carbocycles. The Hall–Kier alpha value is -2.70. The molecule has 0 aliphatic carbocycles. The summed E-state index contributed by atoms with van der Waals surface area (Å²) in [5.74, 6) is -0.308. The van der Waals surface area contributed by atoms with Crippen LogP contribution in [-0.2, 0) is 6.54 Å².